The topological polar surface area (TPSA) is 63.2 Å². The summed E-state index contributed by atoms with van der Waals surface area (Å²) >= 11 is 9.08. The van der Waals surface area contributed by atoms with Crippen molar-refractivity contribution in [2.75, 3.05) is 17.2 Å². The van der Waals surface area contributed by atoms with Crippen LogP contribution in [0, 0.1) is 0 Å². The summed E-state index contributed by atoms with van der Waals surface area (Å²) in [5.41, 5.74) is 1.44. The molecule has 1 aliphatic heterocycles. The minimum Gasteiger partial charge on any atom is -0.477 e. The van der Waals surface area contributed by atoms with Crippen LogP contribution in [-0.2, 0) is 4.79 Å². The summed E-state index contributed by atoms with van der Waals surface area (Å²) in [5, 5.41) is 6.27. The highest BCUT2D eigenvalue weighted by Gasteiger charge is 2.25. The highest BCUT2D eigenvalue weighted by Crippen LogP contribution is 2.29. The summed E-state index contributed by atoms with van der Waals surface area (Å²) in [6.45, 7) is 0.408. The number of rotatable bonds is 2. The highest BCUT2D eigenvalue weighted by atomic mass is 79.9. The first kappa shape index (κ1) is 14.2. The molecule has 1 atom stereocenters. The third kappa shape index (κ3) is 3.11. The normalized spacial score (nSPS) is 16.4. The smallest absolute Gasteiger partial charge is 0.267 e. The molecule has 2 N–H and O–H groups in total. The van der Waals surface area contributed by atoms with E-state index in [2.05, 4.69) is 31.5 Å². The number of ether oxygens (including phenoxy) is 1. The number of hydrogen-bond acceptors (Lipinski definition) is 4. The molecule has 1 amide bonds. The third-order valence-electron chi connectivity index (χ3n) is 2.99. The van der Waals surface area contributed by atoms with Gasteiger partial charge in [0.25, 0.3) is 5.91 Å². The molecule has 0 saturated carbocycles. The van der Waals surface area contributed by atoms with Gasteiger partial charge in [0.05, 0.1) is 28.6 Å². The minimum atomic E-state index is -0.602. The average Bonchev–Trinajstić information content (AvgIpc) is 2.50. The van der Waals surface area contributed by atoms with Gasteiger partial charge >= 0.3 is 0 Å². The molecule has 2 aromatic rings. The number of anilines is 2. The predicted octanol–water partition coefficient (Wildman–Crippen LogP) is 3.31. The Labute approximate surface area is 134 Å². The first-order chi connectivity index (χ1) is 10.1. The van der Waals surface area contributed by atoms with Gasteiger partial charge in [0.1, 0.15) is 10.9 Å². The zero-order valence-corrected chi connectivity index (χ0v) is 13.1. The fourth-order valence-corrected chi connectivity index (χ4v) is 2.42. The number of benzene rings is 1. The van der Waals surface area contributed by atoms with Crippen LogP contribution in [0.5, 0.6) is 5.75 Å². The fraction of sp³-hybridized carbons (Fsp3) is 0.143. The second-order valence-electron chi connectivity index (χ2n) is 4.47. The SMILES string of the molecule is O=C(Nc1cnc(Cl)c(Br)c1)C1CNc2ccccc2O1. The monoisotopic (exact) mass is 367 g/mol. The maximum absolute atomic E-state index is 12.2. The van der Waals surface area contributed by atoms with E-state index in [0.717, 1.165) is 5.69 Å². The Morgan fingerprint density at radius 2 is 2.29 bits per heavy atom. The molecule has 1 aromatic heterocycles. The lowest BCUT2D eigenvalue weighted by Crippen LogP contribution is -2.41. The van der Waals surface area contributed by atoms with E-state index < -0.39 is 6.10 Å². The van der Waals surface area contributed by atoms with E-state index in [1.807, 2.05) is 24.3 Å². The van der Waals surface area contributed by atoms with Gasteiger partial charge < -0.3 is 15.4 Å². The Hall–Kier alpha value is -1.79. The van der Waals surface area contributed by atoms with E-state index in [4.69, 9.17) is 16.3 Å². The average molecular weight is 369 g/mol. The van der Waals surface area contributed by atoms with Gasteiger partial charge in [-0.15, -0.1) is 0 Å². The number of hydrogen-bond donors (Lipinski definition) is 2. The molecule has 5 nitrogen and oxygen atoms in total. The number of nitrogens with zero attached hydrogens (tertiary/aromatic N) is 1. The van der Waals surface area contributed by atoms with Crippen LogP contribution in [0.2, 0.25) is 5.15 Å². The van der Waals surface area contributed by atoms with E-state index in [1.54, 1.807) is 6.07 Å². The van der Waals surface area contributed by atoms with Gasteiger partial charge in [0.2, 0.25) is 0 Å². The molecule has 7 heteroatoms. The largest absolute Gasteiger partial charge is 0.477 e. The summed E-state index contributed by atoms with van der Waals surface area (Å²) < 4.78 is 6.31. The number of amides is 1. The summed E-state index contributed by atoms with van der Waals surface area (Å²) in [7, 11) is 0. The van der Waals surface area contributed by atoms with Crippen molar-refractivity contribution >= 4 is 44.8 Å². The Morgan fingerprint density at radius 3 is 3.10 bits per heavy atom. The molecule has 0 fully saturated rings. The van der Waals surface area contributed by atoms with Gasteiger partial charge in [-0.3, -0.25) is 4.79 Å². The number of nitrogens with one attached hydrogen (secondary N) is 2. The molecule has 2 heterocycles. The second kappa shape index (κ2) is 5.91. The van der Waals surface area contributed by atoms with Crippen molar-refractivity contribution in [2.24, 2.45) is 0 Å². The Morgan fingerprint density at radius 1 is 1.48 bits per heavy atom. The van der Waals surface area contributed by atoms with Crippen LogP contribution in [0.4, 0.5) is 11.4 Å². The van der Waals surface area contributed by atoms with Crippen molar-refractivity contribution in [3.05, 3.63) is 46.2 Å². The molecule has 0 aliphatic carbocycles. The standard InChI is InChI=1S/C14H11BrClN3O2/c15-9-5-8(6-18-13(9)16)19-14(20)12-7-17-10-3-1-2-4-11(10)21-12/h1-6,12,17H,7H2,(H,19,20). The molecular formula is C14H11BrClN3O2. The quantitative estimate of drug-likeness (QED) is 0.798. The van der Waals surface area contributed by atoms with Crippen molar-refractivity contribution < 1.29 is 9.53 Å². The van der Waals surface area contributed by atoms with Crippen molar-refractivity contribution in [3.63, 3.8) is 0 Å². The second-order valence-corrected chi connectivity index (χ2v) is 5.68. The lowest BCUT2D eigenvalue weighted by atomic mass is 10.2. The van der Waals surface area contributed by atoms with Gasteiger partial charge in [0, 0.05) is 0 Å². The molecule has 1 aliphatic rings. The van der Waals surface area contributed by atoms with Crippen LogP contribution >= 0.6 is 27.5 Å². The molecule has 1 aromatic carbocycles. The molecule has 0 saturated heterocycles. The zero-order chi connectivity index (χ0) is 14.8. The fourth-order valence-electron chi connectivity index (χ4n) is 1.97. The number of para-hydroxylation sites is 2. The van der Waals surface area contributed by atoms with Crippen LogP contribution in [0.25, 0.3) is 0 Å². The molecule has 0 radical (unpaired) electrons. The van der Waals surface area contributed by atoms with Crippen molar-refractivity contribution in [1.29, 1.82) is 0 Å². The molecule has 3 rings (SSSR count). The molecule has 108 valence electrons. The lowest BCUT2D eigenvalue weighted by Gasteiger charge is -2.26. The van der Waals surface area contributed by atoms with Gasteiger partial charge in [-0.25, -0.2) is 4.98 Å². The number of carbonyl (C=O) groups is 1. The van der Waals surface area contributed by atoms with Crippen molar-refractivity contribution in [1.82, 2.24) is 4.98 Å². The lowest BCUT2D eigenvalue weighted by molar-refractivity contribution is -0.122. The summed E-state index contributed by atoms with van der Waals surface area (Å²) in [6, 6.07) is 9.19. The molecular weight excluding hydrogens is 358 g/mol. The van der Waals surface area contributed by atoms with E-state index in [-0.39, 0.29) is 5.91 Å². The van der Waals surface area contributed by atoms with Crippen LogP contribution < -0.4 is 15.4 Å². The first-order valence-electron chi connectivity index (χ1n) is 6.25. The van der Waals surface area contributed by atoms with E-state index in [9.17, 15) is 4.79 Å². The van der Waals surface area contributed by atoms with Crippen molar-refractivity contribution in [2.45, 2.75) is 6.10 Å². The minimum absolute atomic E-state index is 0.243. The Balaban J connectivity index is 1.70. The van der Waals surface area contributed by atoms with E-state index >= 15 is 0 Å². The number of aromatic nitrogens is 1. The van der Waals surface area contributed by atoms with Gasteiger partial charge in [-0.1, -0.05) is 23.7 Å². The van der Waals surface area contributed by atoms with Crippen LogP contribution in [0.3, 0.4) is 0 Å². The first-order valence-corrected chi connectivity index (χ1v) is 7.42. The van der Waals surface area contributed by atoms with Gasteiger partial charge in [-0.05, 0) is 34.1 Å². The number of fused-ring (bicyclic) bond motifs is 1. The summed E-state index contributed by atoms with van der Waals surface area (Å²) in [6.07, 6.45) is 0.893. The Kier molecular flexibility index (Phi) is 3.98. The third-order valence-corrected chi connectivity index (χ3v) is 4.12. The van der Waals surface area contributed by atoms with Gasteiger partial charge in [-0.2, -0.15) is 0 Å². The van der Waals surface area contributed by atoms with E-state index in [1.165, 1.54) is 6.20 Å². The molecule has 0 bridgehead atoms. The number of halogens is 2. The number of carbonyl (C=O) groups excluding carboxylic acids is 1. The molecule has 1 unspecified atom stereocenters. The summed E-state index contributed by atoms with van der Waals surface area (Å²) in [4.78, 5) is 16.2. The van der Waals surface area contributed by atoms with E-state index in [0.29, 0.717) is 27.6 Å². The van der Waals surface area contributed by atoms with Crippen LogP contribution in [0.1, 0.15) is 0 Å². The summed E-state index contributed by atoms with van der Waals surface area (Å²) in [5.74, 6) is 0.423. The molecule has 0 spiro atoms. The maximum Gasteiger partial charge on any atom is 0.267 e. The van der Waals surface area contributed by atoms with Crippen LogP contribution in [0.15, 0.2) is 41.0 Å². The maximum atomic E-state index is 12.2. The van der Waals surface area contributed by atoms with Gasteiger partial charge in [0.15, 0.2) is 6.10 Å². The number of pyridine rings is 1. The predicted molar refractivity (Wildman–Crippen MR) is 84.9 cm³/mol. The highest BCUT2D eigenvalue weighted by molar-refractivity contribution is 9.10. The zero-order valence-electron chi connectivity index (χ0n) is 10.8. The molecule has 21 heavy (non-hydrogen) atoms. The van der Waals surface area contributed by atoms with Crippen molar-refractivity contribution in [3.8, 4) is 5.75 Å². The van der Waals surface area contributed by atoms with Crippen LogP contribution in [-0.4, -0.2) is 23.5 Å². The Bertz CT molecular complexity index is 696.